The lowest BCUT2D eigenvalue weighted by atomic mass is 9.99. The molecule has 2 aliphatic rings. The van der Waals surface area contributed by atoms with E-state index in [1.807, 2.05) is 0 Å². The van der Waals surface area contributed by atoms with Crippen LogP contribution in [0.3, 0.4) is 0 Å². The van der Waals surface area contributed by atoms with Crippen LogP contribution < -0.4 is 0 Å². The van der Waals surface area contributed by atoms with E-state index in [1.54, 1.807) is 11.1 Å². The zero-order valence-electron chi connectivity index (χ0n) is 9.19. The minimum atomic E-state index is 0.407. The van der Waals surface area contributed by atoms with Gasteiger partial charge in [0, 0.05) is 18.6 Å². The van der Waals surface area contributed by atoms with Crippen molar-refractivity contribution in [3.8, 4) is 0 Å². The van der Waals surface area contributed by atoms with Crippen molar-refractivity contribution in [3.63, 3.8) is 0 Å². The highest BCUT2D eigenvalue weighted by atomic mass is 15.2. The van der Waals surface area contributed by atoms with E-state index in [0.717, 1.165) is 0 Å². The predicted molar refractivity (Wildman–Crippen MR) is 56.8 cm³/mol. The third-order valence-corrected chi connectivity index (χ3v) is 3.94. The van der Waals surface area contributed by atoms with Crippen LogP contribution in [0.5, 0.6) is 0 Å². The number of rotatable bonds is 2. The fourth-order valence-corrected chi connectivity index (χ4v) is 2.42. The highest BCUT2D eigenvalue weighted by molar-refractivity contribution is 5.28. The van der Waals surface area contributed by atoms with E-state index in [-0.39, 0.29) is 0 Å². The molecule has 0 saturated heterocycles. The third kappa shape index (κ3) is 1.54. The Hall–Kier alpha value is -0.300. The first-order valence-corrected chi connectivity index (χ1v) is 5.58. The second kappa shape index (κ2) is 3.13. The van der Waals surface area contributed by atoms with Crippen LogP contribution in [-0.2, 0) is 0 Å². The van der Waals surface area contributed by atoms with Crippen molar-refractivity contribution in [2.24, 2.45) is 0 Å². The Labute approximate surface area is 81.8 Å². The number of hydrogen-bond donors (Lipinski definition) is 0. The highest BCUT2D eigenvalue weighted by Gasteiger charge is 2.33. The average molecular weight is 179 g/mol. The summed E-state index contributed by atoms with van der Waals surface area (Å²) in [7, 11) is 0. The largest absolute Gasteiger partial charge is 0.290 e. The van der Waals surface area contributed by atoms with Gasteiger partial charge in [-0.3, -0.25) is 4.90 Å². The summed E-state index contributed by atoms with van der Waals surface area (Å²) in [6.45, 7) is 9.56. The van der Waals surface area contributed by atoms with Gasteiger partial charge in [0.2, 0.25) is 0 Å². The van der Waals surface area contributed by atoms with Crippen molar-refractivity contribution < 1.29 is 0 Å². The van der Waals surface area contributed by atoms with E-state index < -0.39 is 0 Å². The normalized spacial score (nSPS) is 24.2. The van der Waals surface area contributed by atoms with Crippen molar-refractivity contribution in [2.75, 3.05) is 13.1 Å². The van der Waals surface area contributed by atoms with Gasteiger partial charge in [0.15, 0.2) is 0 Å². The SMILES string of the molecule is CCC(C)(C)N1CC2=C(CCC2)C1. The molecule has 1 heterocycles. The summed E-state index contributed by atoms with van der Waals surface area (Å²) in [5.41, 5.74) is 3.94. The summed E-state index contributed by atoms with van der Waals surface area (Å²) >= 11 is 0. The molecule has 1 aliphatic carbocycles. The van der Waals surface area contributed by atoms with Gasteiger partial charge in [-0.2, -0.15) is 0 Å². The van der Waals surface area contributed by atoms with Gasteiger partial charge in [-0.15, -0.1) is 0 Å². The summed E-state index contributed by atoms with van der Waals surface area (Å²) in [6.07, 6.45) is 5.44. The van der Waals surface area contributed by atoms with Crippen LogP contribution in [0.1, 0.15) is 46.5 Å². The first kappa shape index (κ1) is 9.26. The van der Waals surface area contributed by atoms with E-state index >= 15 is 0 Å². The van der Waals surface area contributed by atoms with Crippen molar-refractivity contribution in [2.45, 2.75) is 52.0 Å². The minimum absolute atomic E-state index is 0.407. The standard InChI is InChI=1S/C12H21N/c1-4-12(2,3)13-8-10-6-5-7-11(10)9-13/h4-9H2,1-3H3. The molecule has 1 heteroatoms. The fraction of sp³-hybridized carbons (Fsp3) is 0.833. The smallest absolute Gasteiger partial charge is 0.0204 e. The van der Waals surface area contributed by atoms with Crippen LogP contribution in [0, 0.1) is 0 Å². The summed E-state index contributed by atoms with van der Waals surface area (Å²) in [6, 6.07) is 0. The monoisotopic (exact) mass is 179 g/mol. The molecule has 0 N–H and O–H groups in total. The zero-order chi connectivity index (χ0) is 9.47. The van der Waals surface area contributed by atoms with Crippen LogP contribution in [0.2, 0.25) is 0 Å². The molecule has 1 nitrogen and oxygen atoms in total. The average Bonchev–Trinajstić information content (AvgIpc) is 2.61. The molecular formula is C12H21N. The van der Waals surface area contributed by atoms with Crippen LogP contribution in [0.25, 0.3) is 0 Å². The molecule has 1 aliphatic heterocycles. The van der Waals surface area contributed by atoms with E-state index in [9.17, 15) is 0 Å². The summed E-state index contributed by atoms with van der Waals surface area (Å²) in [5, 5.41) is 0. The first-order chi connectivity index (χ1) is 6.13. The van der Waals surface area contributed by atoms with E-state index in [4.69, 9.17) is 0 Å². The molecule has 0 amide bonds. The predicted octanol–water partition coefficient (Wildman–Crippen LogP) is 2.97. The molecule has 13 heavy (non-hydrogen) atoms. The van der Waals surface area contributed by atoms with Crippen molar-refractivity contribution in [3.05, 3.63) is 11.1 Å². The number of likely N-dealkylation sites (tertiary alicyclic amines) is 1. The van der Waals surface area contributed by atoms with Gasteiger partial charge in [-0.05, 0) is 39.5 Å². The summed E-state index contributed by atoms with van der Waals surface area (Å²) in [4.78, 5) is 2.65. The van der Waals surface area contributed by atoms with Crippen LogP contribution in [0.15, 0.2) is 11.1 Å². The van der Waals surface area contributed by atoms with Crippen LogP contribution in [-0.4, -0.2) is 23.5 Å². The van der Waals surface area contributed by atoms with Gasteiger partial charge in [0.1, 0.15) is 0 Å². The molecule has 0 aromatic carbocycles. The Balaban J connectivity index is 2.02. The van der Waals surface area contributed by atoms with Crippen LogP contribution >= 0.6 is 0 Å². The van der Waals surface area contributed by atoms with Crippen LogP contribution in [0.4, 0.5) is 0 Å². The molecule has 0 spiro atoms. The van der Waals surface area contributed by atoms with E-state index in [2.05, 4.69) is 25.7 Å². The Morgan fingerprint density at radius 1 is 1.15 bits per heavy atom. The second-order valence-electron chi connectivity index (χ2n) is 5.08. The Bertz CT molecular complexity index is 222. The molecule has 0 radical (unpaired) electrons. The molecule has 0 bridgehead atoms. The molecule has 74 valence electrons. The molecule has 0 aromatic rings. The Kier molecular flexibility index (Phi) is 2.23. The lowest BCUT2D eigenvalue weighted by Gasteiger charge is -2.35. The van der Waals surface area contributed by atoms with Gasteiger partial charge < -0.3 is 0 Å². The van der Waals surface area contributed by atoms with E-state index in [0.29, 0.717) is 5.54 Å². The molecule has 0 fully saturated rings. The molecule has 0 atom stereocenters. The van der Waals surface area contributed by atoms with Crippen molar-refractivity contribution >= 4 is 0 Å². The molecular weight excluding hydrogens is 158 g/mol. The first-order valence-electron chi connectivity index (χ1n) is 5.58. The minimum Gasteiger partial charge on any atom is -0.290 e. The zero-order valence-corrected chi connectivity index (χ0v) is 9.19. The maximum absolute atomic E-state index is 2.65. The summed E-state index contributed by atoms with van der Waals surface area (Å²) in [5.74, 6) is 0. The lowest BCUT2D eigenvalue weighted by molar-refractivity contribution is 0.151. The topological polar surface area (TPSA) is 3.24 Å². The maximum atomic E-state index is 2.65. The third-order valence-electron chi connectivity index (χ3n) is 3.94. The van der Waals surface area contributed by atoms with Gasteiger partial charge in [0.25, 0.3) is 0 Å². The highest BCUT2D eigenvalue weighted by Crippen LogP contribution is 2.36. The number of nitrogens with zero attached hydrogens (tertiary/aromatic N) is 1. The van der Waals surface area contributed by atoms with Gasteiger partial charge >= 0.3 is 0 Å². The maximum Gasteiger partial charge on any atom is 0.0204 e. The Morgan fingerprint density at radius 3 is 2.15 bits per heavy atom. The van der Waals surface area contributed by atoms with Gasteiger partial charge in [-0.25, -0.2) is 0 Å². The summed E-state index contributed by atoms with van der Waals surface area (Å²) < 4.78 is 0. The van der Waals surface area contributed by atoms with E-state index in [1.165, 1.54) is 38.8 Å². The lowest BCUT2D eigenvalue weighted by Crippen LogP contribution is -2.42. The fourth-order valence-electron chi connectivity index (χ4n) is 2.42. The second-order valence-corrected chi connectivity index (χ2v) is 5.08. The molecule has 2 rings (SSSR count). The van der Waals surface area contributed by atoms with Crippen molar-refractivity contribution in [1.82, 2.24) is 4.90 Å². The molecule has 0 unspecified atom stereocenters. The van der Waals surface area contributed by atoms with Crippen molar-refractivity contribution in [1.29, 1.82) is 0 Å². The Morgan fingerprint density at radius 2 is 1.69 bits per heavy atom. The number of hydrogen-bond acceptors (Lipinski definition) is 1. The van der Waals surface area contributed by atoms with Gasteiger partial charge in [-0.1, -0.05) is 18.1 Å². The molecule has 0 saturated carbocycles. The quantitative estimate of drug-likeness (QED) is 0.589. The van der Waals surface area contributed by atoms with Gasteiger partial charge in [0.05, 0.1) is 0 Å². The molecule has 0 aromatic heterocycles.